The quantitative estimate of drug-likeness (QED) is 0.670. The fourth-order valence-electron chi connectivity index (χ4n) is 1.86. The van der Waals surface area contributed by atoms with Gasteiger partial charge in [0.2, 0.25) is 0 Å². The molecule has 0 saturated carbocycles. The summed E-state index contributed by atoms with van der Waals surface area (Å²) in [5.74, 6) is 0.382. The van der Waals surface area contributed by atoms with E-state index in [4.69, 9.17) is 16.0 Å². The Labute approximate surface area is 114 Å². The van der Waals surface area contributed by atoms with Crippen LogP contribution in [0.1, 0.15) is 0 Å². The van der Waals surface area contributed by atoms with E-state index >= 15 is 0 Å². The minimum absolute atomic E-state index is 0.123. The number of benzene rings is 2. The molecule has 0 fully saturated rings. The van der Waals surface area contributed by atoms with Crippen LogP contribution in [0, 0.1) is 5.82 Å². The van der Waals surface area contributed by atoms with Crippen molar-refractivity contribution in [2.75, 3.05) is 0 Å². The monoisotopic (exact) mass is 273 g/mol. The smallest absolute Gasteiger partial charge is 0.292 e. The predicted molar refractivity (Wildman–Crippen MR) is 72.3 cm³/mol. The first-order valence-electron chi connectivity index (χ1n) is 5.70. The van der Waals surface area contributed by atoms with Crippen molar-refractivity contribution < 1.29 is 8.81 Å². The summed E-state index contributed by atoms with van der Waals surface area (Å²) in [6.07, 6.45) is 1.58. The second-order valence-corrected chi connectivity index (χ2v) is 4.39. The Morgan fingerprint density at radius 1 is 0.842 bits per heavy atom. The second-order valence-electron chi connectivity index (χ2n) is 4.06. The van der Waals surface area contributed by atoms with Crippen molar-refractivity contribution in [2.45, 2.75) is 0 Å². The van der Waals surface area contributed by atoms with E-state index in [0.717, 1.165) is 16.7 Å². The van der Waals surface area contributed by atoms with Crippen molar-refractivity contribution >= 4 is 11.6 Å². The number of nitrogens with zero attached hydrogens (tertiary/aromatic N) is 1. The van der Waals surface area contributed by atoms with E-state index in [2.05, 4.69) is 4.98 Å². The zero-order valence-electron chi connectivity index (χ0n) is 9.81. The number of aromatic nitrogens is 1. The van der Waals surface area contributed by atoms with E-state index in [0.29, 0.717) is 5.76 Å². The van der Waals surface area contributed by atoms with Gasteiger partial charge in [-0.2, -0.15) is 0 Å². The summed E-state index contributed by atoms with van der Waals surface area (Å²) in [7, 11) is 0. The third-order valence-corrected chi connectivity index (χ3v) is 3.00. The minimum atomic E-state index is -0.239. The molecule has 2 aromatic carbocycles. The highest BCUT2D eigenvalue weighted by Gasteiger charge is 2.05. The third kappa shape index (κ3) is 2.51. The molecule has 0 aliphatic rings. The molecule has 0 aliphatic heterocycles. The molecule has 2 nitrogen and oxygen atoms in total. The molecule has 1 aromatic heterocycles. The van der Waals surface area contributed by atoms with Crippen molar-refractivity contribution in [1.82, 2.24) is 4.98 Å². The van der Waals surface area contributed by atoms with Crippen molar-refractivity contribution in [1.29, 1.82) is 0 Å². The molecular formula is C15H9ClFNO. The molecule has 0 N–H and O–H groups in total. The Balaban J connectivity index is 1.92. The molecule has 3 aromatic rings. The van der Waals surface area contributed by atoms with Crippen LogP contribution in [0.2, 0.25) is 5.35 Å². The van der Waals surface area contributed by atoms with Gasteiger partial charge in [-0.1, -0.05) is 36.4 Å². The topological polar surface area (TPSA) is 26.0 Å². The van der Waals surface area contributed by atoms with Gasteiger partial charge in [-0.3, -0.25) is 0 Å². The lowest BCUT2D eigenvalue weighted by molar-refractivity contribution is 0.574. The summed E-state index contributed by atoms with van der Waals surface area (Å²) in [4.78, 5) is 3.84. The first-order chi connectivity index (χ1) is 9.22. The van der Waals surface area contributed by atoms with Gasteiger partial charge < -0.3 is 4.42 Å². The van der Waals surface area contributed by atoms with Gasteiger partial charge in [0, 0.05) is 5.56 Å². The number of halogens is 2. The maximum Gasteiger partial charge on any atom is 0.292 e. The van der Waals surface area contributed by atoms with Crippen molar-refractivity contribution in [3.63, 3.8) is 0 Å². The van der Waals surface area contributed by atoms with Gasteiger partial charge in [-0.05, 0) is 34.9 Å². The largest absolute Gasteiger partial charge is 0.428 e. The molecule has 0 saturated heterocycles. The number of rotatable bonds is 2. The molecule has 3 rings (SSSR count). The second kappa shape index (κ2) is 4.86. The average molecular weight is 274 g/mol. The summed E-state index contributed by atoms with van der Waals surface area (Å²) in [6.45, 7) is 0. The van der Waals surface area contributed by atoms with Crippen LogP contribution >= 0.6 is 11.6 Å². The normalized spacial score (nSPS) is 10.6. The van der Waals surface area contributed by atoms with Gasteiger partial charge in [0.1, 0.15) is 5.82 Å². The molecule has 0 spiro atoms. The van der Waals surface area contributed by atoms with E-state index in [-0.39, 0.29) is 11.2 Å². The molecule has 0 radical (unpaired) electrons. The van der Waals surface area contributed by atoms with Crippen LogP contribution < -0.4 is 0 Å². The summed E-state index contributed by atoms with van der Waals surface area (Å²) >= 11 is 5.64. The van der Waals surface area contributed by atoms with Crippen LogP contribution in [0.3, 0.4) is 0 Å². The van der Waals surface area contributed by atoms with E-state index < -0.39 is 0 Å². The van der Waals surface area contributed by atoms with E-state index in [1.54, 1.807) is 18.3 Å². The summed E-state index contributed by atoms with van der Waals surface area (Å²) in [5, 5.41) is 0.123. The lowest BCUT2D eigenvalue weighted by atomic mass is 10.0. The Bertz CT molecular complexity index is 689. The molecule has 0 atom stereocenters. The maximum absolute atomic E-state index is 12.9. The molecule has 1 heterocycles. The first kappa shape index (κ1) is 11.9. The van der Waals surface area contributed by atoms with E-state index in [1.807, 2.05) is 24.3 Å². The maximum atomic E-state index is 12.9. The number of hydrogen-bond acceptors (Lipinski definition) is 2. The van der Waals surface area contributed by atoms with E-state index in [9.17, 15) is 4.39 Å². The van der Waals surface area contributed by atoms with Crippen LogP contribution in [-0.2, 0) is 0 Å². The van der Waals surface area contributed by atoms with Gasteiger partial charge in [0.05, 0.1) is 6.20 Å². The van der Waals surface area contributed by atoms with Gasteiger partial charge in [0.25, 0.3) is 5.35 Å². The Hall–Kier alpha value is -2.13. The SMILES string of the molecule is Fc1ccc(-c2ccc(-c3cnc(Cl)o3)cc2)cc1. The molecule has 0 amide bonds. The molecule has 0 unspecified atom stereocenters. The lowest BCUT2D eigenvalue weighted by Gasteiger charge is -2.02. The summed E-state index contributed by atoms with van der Waals surface area (Å²) in [6, 6.07) is 14.1. The standard InChI is InChI=1S/C15H9ClFNO/c16-15-18-9-14(19-15)12-3-1-10(2-4-12)11-5-7-13(17)8-6-11/h1-9H. The molecule has 0 bridgehead atoms. The number of hydrogen-bond donors (Lipinski definition) is 0. The number of oxazole rings is 1. The highest BCUT2D eigenvalue weighted by atomic mass is 35.5. The Morgan fingerprint density at radius 3 is 1.89 bits per heavy atom. The Kier molecular flexibility index (Phi) is 3.05. The summed E-state index contributed by atoms with van der Waals surface area (Å²) in [5.41, 5.74) is 2.86. The molecule has 19 heavy (non-hydrogen) atoms. The van der Waals surface area contributed by atoms with Crippen LogP contribution in [0.5, 0.6) is 0 Å². The fraction of sp³-hybridized carbons (Fsp3) is 0. The first-order valence-corrected chi connectivity index (χ1v) is 6.08. The van der Waals surface area contributed by atoms with Crippen LogP contribution in [0.4, 0.5) is 4.39 Å². The average Bonchev–Trinajstić information content (AvgIpc) is 2.87. The van der Waals surface area contributed by atoms with E-state index in [1.165, 1.54) is 12.1 Å². The van der Waals surface area contributed by atoms with Gasteiger partial charge >= 0.3 is 0 Å². The van der Waals surface area contributed by atoms with Gasteiger partial charge in [-0.15, -0.1) is 0 Å². The van der Waals surface area contributed by atoms with Crippen LogP contribution in [-0.4, -0.2) is 4.98 Å². The minimum Gasteiger partial charge on any atom is -0.428 e. The molecule has 94 valence electrons. The fourth-order valence-corrected chi connectivity index (χ4v) is 1.99. The highest BCUT2D eigenvalue weighted by molar-refractivity contribution is 6.27. The van der Waals surface area contributed by atoms with Crippen molar-refractivity contribution in [3.05, 3.63) is 65.9 Å². The summed E-state index contributed by atoms with van der Waals surface area (Å²) < 4.78 is 18.1. The molecule has 4 heteroatoms. The van der Waals surface area contributed by atoms with Crippen LogP contribution in [0.15, 0.2) is 59.1 Å². The van der Waals surface area contributed by atoms with Gasteiger partial charge in [-0.25, -0.2) is 9.37 Å². The van der Waals surface area contributed by atoms with Gasteiger partial charge in [0.15, 0.2) is 5.76 Å². The molecular weight excluding hydrogens is 265 g/mol. The third-order valence-electron chi connectivity index (χ3n) is 2.82. The zero-order valence-corrected chi connectivity index (χ0v) is 10.6. The lowest BCUT2D eigenvalue weighted by Crippen LogP contribution is -1.80. The van der Waals surface area contributed by atoms with Crippen LogP contribution in [0.25, 0.3) is 22.5 Å². The molecule has 0 aliphatic carbocycles. The predicted octanol–water partition coefficient (Wildman–Crippen LogP) is 4.80. The Morgan fingerprint density at radius 2 is 1.37 bits per heavy atom. The van der Waals surface area contributed by atoms with Crippen molar-refractivity contribution in [3.8, 4) is 22.5 Å². The van der Waals surface area contributed by atoms with Crippen molar-refractivity contribution in [2.24, 2.45) is 0 Å². The highest BCUT2D eigenvalue weighted by Crippen LogP contribution is 2.26. The zero-order chi connectivity index (χ0) is 13.2.